The van der Waals surface area contributed by atoms with Gasteiger partial charge in [-0.2, -0.15) is 0 Å². The van der Waals surface area contributed by atoms with Gasteiger partial charge in [-0.25, -0.2) is 17.5 Å². The fourth-order valence-corrected chi connectivity index (χ4v) is 3.87. The minimum atomic E-state index is -3.88. The van der Waals surface area contributed by atoms with Gasteiger partial charge in [0.05, 0.1) is 27.3 Å². The Bertz CT molecular complexity index is 978. The second-order valence-electron chi connectivity index (χ2n) is 6.65. The average Bonchev–Trinajstić information content (AvgIpc) is 2.56. The molecule has 2 rings (SSSR count). The van der Waals surface area contributed by atoms with E-state index in [0.29, 0.717) is 0 Å². The van der Waals surface area contributed by atoms with Crippen molar-refractivity contribution in [2.45, 2.75) is 44.7 Å². The highest BCUT2D eigenvalue weighted by Gasteiger charge is 2.21. The van der Waals surface area contributed by atoms with Crippen molar-refractivity contribution in [1.82, 2.24) is 4.72 Å². The van der Waals surface area contributed by atoms with Crippen LogP contribution < -0.4 is 14.8 Å². The maximum absolute atomic E-state index is 14.2. The van der Waals surface area contributed by atoms with Crippen LogP contribution in [0.5, 0.6) is 5.75 Å². The molecule has 0 aromatic heterocycles. The summed E-state index contributed by atoms with van der Waals surface area (Å²) in [5.41, 5.74) is -0.165. The quantitative estimate of drug-likeness (QED) is 0.692. The first-order valence-electron chi connectivity index (χ1n) is 8.59. The van der Waals surface area contributed by atoms with E-state index in [1.807, 2.05) is 0 Å². The SMILES string of the molecule is CC(C)NS(=O)(=O)c1ccc(F)c(C(=O)Nc2cccc(Cl)c2OC(C)C)c1. The summed E-state index contributed by atoms with van der Waals surface area (Å²) in [6.07, 6.45) is -0.206. The molecule has 28 heavy (non-hydrogen) atoms. The number of hydrogen-bond donors (Lipinski definition) is 2. The van der Waals surface area contributed by atoms with Crippen LogP contribution in [0.4, 0.5) is 10.1 Å². The van der Waals surface area contributed by atoms with Crippen molar-refractivity contribution in [3.63, 3.8) is 0 Å². The van der Waals surface area contributed by atoms with E-state index < -0.39 is 27.3 Å². The predicted molar refractivity (Wildman–Crippen MR) is 107 cm³/mol. The van der Waals surface area contributed by atoms with Gasteiger partial charge in [0.2, 0.25) is 10.0 Å². The predicted octanol–water partition coefficient (Wildman–Crippen LogP) is 4.21. The fourth-order valence-electron chi connectivity index (χ4n) is 2.38. The van der Waals surface area contributed by atoms with E-state index in [9.17, 15) is 17.6 Å². The van der Waals surface area contributed by atoms with Crippen LogP contribution in [0.2, 0.25) is 5.02 Å². The topological polar surface area (TPSA) is 84.5 Å². The molecule has 6 nitrogen and oxygen atoms in total. The number of benzene rings is 2. The van der Waals surface area contributed by atoms with Crippen molar-refractivity contribution >= 4 is 33.2 Å². The molecule has 0 heterocycles. The van der Waals surface area contributed by atoms with Crippen LogP contribution in [-0.4, -0.2) is 26.5 Å². The van der Waals surface area contributed by atoms with Crippen LogP contribution in [0.25, 0.3) is 0 Å². The number of carbonyl (C=O) groups is 1. The Morgan fingerprint density at radius 2 is 1.82 bits per heavy atom. The maximum atomic E-state index is 14.2. The number of rotatable bonds is 7. The van der Waals surface area contributed by atoms with Crippen molar-refractivity contribution in [2.24, 2.45) is 0 Å². The van der Waals surface area contributed by atoms with E-state index in [0.717, 1.165) is 18.2 Å². The molecule has 0 aliphatic heterocycles. The first-order chi connectivity index (χ1) is 13.0. The van der Waals surface area contributed by atoms with Crippen molar-refractivity contribution in [2.75, 3.05) is 5.32 Å². The summed E-state index contributed by atoms with van der Waals surface area (Å²) >= 11 is 6.13. The molecule has 152 valence electrons. The van der Waals surface area contributed by atoms with Gasteiger partial charge in [-0.3, -0.25) is 4.79 Å². The summed E-state index contributed by atoms with van der Waals surface area (Å²) in [5.74, 6) is -1.43. The second-order valence-corrected chi connectivity index (χ2v) is 8.78. The Kier molecular flexibility index (Phi) is 7.03. The lowest BCUT2D eigenvalue weighted by molar-refractivity contribution is 0.102. The van der Waals surface area contributed by atoms with Crippen molar-refractivity contribution in [3.05, 3.63) is 52.8 Å². The molecule has 2 aromatic carbocycles. The number of amides is 1. The van der Waals surface area contributed by atoms with E-state index in [-0.39, 0.29) is 33.5 Å². The molecule has 9 heteroatoms. The molecule has 0 spiro atoms. The average molecular weight is 429 g/mol. The summed E-state index contributed by atoms with van der Waals surface area (Å²) < 4.78 is 46.8. The molecule has 0 atom stereocenters. The summed E-state index contributed by atoms with van der Waals surface area (Å²) in [7, 11) is -3.88. The highest BCUT2D eigenvalue weighted by molar-refractivity contribution is 7.89. The number of para-hydroxylation sites is 1. The molecule has 1 amide bonds. The lowest BCUT2D eigenvalue weighted by atomic mass is 10.2. The van der Waals surface area contributed by atoms with Crippen molar-refractivity contribution in [1.29, 1.82) is 0 Å². The van der Waals surface area contributed by atoms with Crippen LogP contribution in [0.1, 0.15) is 38.1 Å². The van der Waals surface area contributed by atoms with Crippen molar-refractivity contribution < 1.29 is 22.3 Å². The zero-order valence-electron chi connectivity index (χ0n) is 15.9. The minimum absolute atomic E-state index is 0.206. The summed E-state index contributed by atoms with van der Waals surface area (Å²) in [6.45, 7) is 6.91. The van der Waals surface area contributed by atoms with Crippen LogP contribution in [0.3, 0.4) is 0 Å². The third-order valence-electron chi connectivity index (χ3n) is 3.45. The lowest BCUT2D eigenvalue weighted by Crippen LogP contribution is -2.30. The van der Waals surface area contributed by atoms with Crippen LogP contribution in [0, 0.1) is 5.82 Å². The van der Waals surface area contributed by atoms with Gasteiger partial charge < -0.3 is 10.1 Å². The highest BCUT2D eigenvalue weighted by atomic mass is 35.5. The molecule has 0 bridgehead atoms. The van der Waals surface area contributed by atoms with Gasteiger partial charge in [-0.15, -0.1) is 0 Å². The van der Waals surface area contributed by atoms with Crippen molar-refractivity contribution in [3.8, 4) is 5.75 Å². The van der Waals surface area contributed by atoms with Crippen LogP contribution in [0.15, 0.2) is 41.3 Å². The van der Waals surface area contributed by atoms with E-state index in [1.165, 1.54) is 0 Å². The molecule has 2 aromatic rings. The standard InChI is InChI=1S/C19H22ClFN2O4S/c1-11(2)23-28(25,26)13-8-9-16(21)14(10-13)19(24)22-17-7-5-6-15(20)18(17)27-12(3)4/h5-12,23H,1-4H3,(H,22,24). The van der Waals surface area contributed by atoms with E-state index in [1.54, 1.807) is 45.9 Å². The third-order valence-corrected chi connectivity index (χ3v) is 5.41. The Morgan fingerprint density at radius 1 is 1.14 bits per heavy atom. The smallest absolute Gasteiger partial charge is 0.258 e. The maximum Gasteiger partial charge on any atom is 0.258 e. The largest absolute Gasteiger partial charge is 0.487 e. The Labute approximate surface area is 169 Å². The fraction of sp³-hybridized carbons (Fsp3) is 0.316. The molecular formula is C19H22ClFN2O4S. The molecule has 0 saturated heterocycles. The molecular weight excluding hydrogens is 407 g/mol. The minimum Gasteiger partial charge on any atom is -0.487 e. The number of carbonyl (C=O) groups excluding carboxylic acids is 1. The molecule has 0 unspecified atom stereocenters. The monoisotopic (exact) mass is 428 g/mol. The Hall–Kier alpha value is -2.16. The highest BCUT2D eigenvalue weighted by Crippen LogP contribution is 2.34. The van der Waals surface area contributed by atoms with Gasteiger partial charge in [-0.05, 0) is 58.0 Å². The number of sulfonamides is 1. The Morgan fingerprint density at radius 3 is 2.43 bits per heavy atom. The van der Waals surface area contributed by atoms with E-state index >= 15 is 0 Å². The molecule has 0 fully saturated rings. The molecule has 0 aliphatic rings. The number of halogens is 2. The van der Waals surface area contributed by atoms with Gasteiger partial charge in [0.25, 0.3) is 5.91 Å². The molecule has 0 radical (unpaired) electrons. The van der Waals surface area contributed by atoms with E-state index in [4.69, 9.17) is 16.3 Å². The number of ether oxygens (including phenoxy) is 1. The van der Waals surface area contributed by atoms with Gasteiger partial charge in [0.15, 0.2) is 5.75 Å². The first kappa shape index (κ1) is 22.1. The number of hydrogen-bond acceptors (Lipinski definition) is 4. The van der Waals surface area contributed by atoms with Crippen LogP contribution >= 0.6 is 11.6 Å². The summed E-state index contributed by atoms with van der Waals surface area (Å²) in [5, 5.41) is 2.81. The van der Waals surface area contributed by atoms with Gasteiger partial charge in [0, 0.05) is 6.04 Å². The molecule has 2 N–H and O–H groups in total. The number of anilines is 1. The lowest BCUT2D eigenvalue weighted by Gasteiger charge is -2.16. The third kappa shape index (κ3) is 5.43. The zero-order valence-corrected chi connectivity index (χ0v) is 17.5. The summed E-state index contributed by atoms with van der Waals surface area (Å²) in [4.78, 5) is 12.4. The van der Waals surface area contributed by atoms with Gasteiger partial charge in [0.1, 0.15) is 5.82 Å². The second kappa shape index (κ2) is 8.89. The normalized spacial score (nSPS) is 11.7. The number of nitrogens with one attached hydrogen (secondary N) is 2. The first-order valence-corrected chi connectivity index (χ1v) is 10.5. The molecule has 0 aliphatic carbocycles. The van der Waals surface area contributed by atoms with Gasteiger partial charge >= 0.3 is 0 Å². The Balaban J connectivity index is 2.38. The van der Waals surface area contributed by atoms with Crippen LogP contribution in [-0.2, 0) is 10.0 Å². The summed E-state index contributed by atoms with van der Waals surface area (Å²) in [6, 6.07) is 7.43. The zero-order chi connectivity index (χ0) is 21.1. The molecule has 0 saturated carbocycles. The van der Waals surface area contributed by atoms with E-state index in [2.05, 4.69) is 10.0 Å². The van der Waals surface area contributed by atoms with Gasteiger partial charge in [-0.1, -0.05) is 17.7 Å².